The van der Waals surface area contributed by atoms with E-state index in [0.29, 0.717) is 18.9 Å². The molecule has 2 aromatic carbocycles. The molecule has 0 bridgehead atoms. The van der Waals surface area contributed by atoms with Crippen molar-refractivity contribution in [1.29, 1.82) is 0 Å². The van der Waals surface area contributed by atoms with Gasteiger partial charge in [-0.2, -0.15) is 0 Å². The summed E-state index contributed by atoms with van der Waals surface area (Å²) in [7, 11) is -3.87. The van der Waals surface area contributed by atoms with Gasteiger partial charge in [0.2, 0.25) is 0 Å². The first-order chi connectivity index (χ1) is 14.7. The van der Waals surface area contributed by atoms with Crippen molar-refractivity contribution in [1.82, 2.24) is 5.32 Å². The molecule has 31 heavy (non-hydrogen) atoms. The second-order valence-electron chi connectivity index (χ2n) is 8.63. The van der Waals surface area contributed by atoms with Gasteiger partial charge in [0, 0.05) is 13.2 Å². The molecule has 2 aliphatic heterocycles. The van der Waals surface area contributed by atoms with Crippen LogP contribution in [0.15, 0.2) is 47.4 Å². The predicted molar refractivity (Wildman–Crippen MR) is 118 cm³/mol. The van der Waals surface area contributed by atoms with Gasteiger partial charge in [-0.25, -0.2) is 8.42 Å². The molecule has 0 aromatic heterocycles. The van der Waals surface area contributed by atoms with Gasteiger partial charge >= 0.3 is 0 Å². The summed E-state index contributed by atoms with van der Waals surface area (Å²) in [5, 5.41) is 2.84. The van der Waals surface area contributed by atoms with E-state index in [4.69, 9.17) is 9.47 Å². The van der Waals surface area contributed by atoms with E-state index in [0.717, 1.165) is 31.2 Å². The van der Waals surface area contributed by atoms with E-state index in [9.17, 15) is 13.2 Å². The van der Waals surface area contributed by atoms with E-state index in [1.165, 1.54) is 6.07 Å². The summed E-state index contributed by atoms with van der Waals surface area (Å²) < 4.78 is 40.2. The third-order valence-corrected chi connectivity index (χ3v) is 7.02. The van der Waals surface area contributed by atoms with Gasteiger partial charge in [0.05, 0.1) is 22.3 Å². The predicted octanol–water partition coefficient (Wildman–Crippen LogP) is 3.50. The van der Waals surface area contributed by atoms with E-state index < -0.39 is 10.0 Å². The summed E-state index contributed by atoms with van der Waals surface area (Å²) in [5.74, 6) is 0.374. The summed E-state index contributed by atoms with van der Waals surface area (Å²) in [6.45, 7) is 5.15. The highest BCUT2D eigenvalue weighted by atomic mass is 32.2. The third kappa shape index (κ3) is 5.02. The van der Waals surface area contributed by atoms with Crippen LogP contribution in [0, 0.1) is 0 Å². The molecule has 7 nitrogen and oxygen atoms in total. The number of hydrogen-bond acceptors (Lipinski definition) is 5. The first kappa shape index (κ1) is 21.6. The van der Waals surface area contributed by atoms with Crippen LogP contribution < -0.4 is 14.8 Å². The number of rotatable bonds is 6. The van der Waals surface area contributed by atoms with Gasteiger partial charge in [0.25, 0.3) is 15.9 Å². The van der Waals surface area contributed by atoms with Crippen molar-refractivity contribution in [2.24, 2.45) is 0 Å². The Balaban J connectivity index is 1.51. The van der Waals surface area contributed by atoms with Gasteiger partial charge < -0.3 is 14.8 Å². The number of ether oxygens (including phenoxy) is 2. The number of fused-ring (bicyclic) bond motifs is 1. The normalized spacial score (nSPS) is 19.9. The smallest absolute Gasteiger partial charge is 0.261 e. The highest BCUT2D eigenvalue weighted by molar-refractivity contribution is 7.92. The number of para-hydroxylation sites is 1. The Kier molecular flexibility index (Phi) is 5.94. The third-order valence-electron chi connectivity index (χ3n) is 5.66. The number of nitrogens with one attached hydrogen (secondary N) is 2. The molecule has 2 aliphatic rings. The van der Waals surface area contributed by atoms with Gasteiger partial charge in [0.1, 0.15) is 11.4 Å². The maximum atomic E-state index is 13.1. The molecule has 4 rings (SSSR count). The summed E-state index contributed by atoms with van der Waals surface area (Å²) in [6.07, 6.45) is 3.46. The summed E-state index contributed by atoms with van der Waals surface area (Å²) in [6, 6.07) is 11.5. The molecule has 166 valence electrons. The van der Waals surface area contributed by atoms with Crippen LogP contribution in [-0.4, -0.2) is 39.2 Å². The minimum absolute atomic E-state index is 0.00972. The standard InChI is InChI=1S/C23H28N2O5S/c1-23(2)12-11-16-14-18(9-10-21(16)30-23)31(27,28)25-20-8-4-3-7-19(20)22(26)24-15-17-6-5-13-29-17/h3-4,7-10,14,17,25H,5-6,11-13,15H2,1-2H3,(H,24,26)/t17-/m1/s1. The minimum atomic E-state index is -3.87. The fraction of sp³-hybridized carbons (Fsp3) is 0.435. The second-order valence-corrected chi connectivity index (χ2v) is 10.3. The molecule has 0 spiro atoms. The lowest BCUT2D eigenvalue weighted by Crippen LogP contribution is -2.33. The molecular formula is C23H28N2O5S. The lowest BCUT2D eigenvalue weighted by atomic mass is 9.94. The van der Waals surface area contributed by atoms with Gasteiger partial charge in [0.15, 0.2) is 0 Å². The lowest BCUT2D eigenvalue weighted by molar-refractivity contribution is 0.0844. The number of anilines is 1. The molecule has 0 saturated carbocycles. The Hall–Kier alpha value is -2.58. The number of aryl methyl sites for hydroxylation is 1. The summed E-state index contributed by atoms with van der Waals surface area (Å²) >= 11 is 0. The number of amides is 1. The molecular weight excluding hydrogens is 416 g/mol. The molecule has 1 amide bonds. The van der Waals surface area contributed by atoms with Crippen molar-refractivity contribution in [3.8, 4) is 5.75 Å². The molecule has 0 unspecified atom stereocenters. The molecule has 1 fully saturated rings. The number of sulfonamides is 1. The largest absolute Gasteiger partial charge is 0.488 e. The van der Waals surface area contributed by atoms with Crippen LogP contribution in [0.2, 0.25) is 0 Å². The first-order valence-electron chi connectivity index (χ1n) is 10.6. The van der Waals surface area contributed by atoms with Crippen LogP contribution in [0.1, 0.15) is 49.0 Å². The fourth-order valence-corrected chi connectivity index (χ4v) is 5.01. The fourth-order valence-electron chi connectivity index (χ4n) is 3.88. The second kappa shape index (κ2) is 8.51. The Morgan fingerprint density at radius 1 is 1.19 bits per heavy atom. The quantitative estimate of drug-likeness (QED) is 0.711. The van der Waals surface area contributed by atoms with E-state index in [1.54, 1.807) is 36.4 Å². The Morgan fingerprint density at radius 3 is 2.77 bits per heavy atom. The van der Waals surface area contributed by atoms with Crippen molar-refractivity contribution in [2.45, 2.75) is 56.1 Å². The lowest BCUT2D eigenvalue weighted by Gasteiger charge is -2.32. The van der Waals surface area contributed by atoms with Crippen molar-refractivity contribution in [3.05, 3.63) is 53.6 Å². The zero-order chi connectivity index (χ0) is 22.1. The minimum Gasteiger partial charge on any atom is -0.488 e. The highest BCUT2D eigenvalue weighted by Gasteiger charge is 2.28. The number of carbonyl (C=O) groups excluding carboxylic acids is 1. The van der Waals surface area contributed by atoms with Crippen LogP contribution in [0.4, 0.5) is 5.69 Å². The van der Waals surface area contributed by atoms with Crippen molar-refractivity contribution in [2.75, 3.05) is 17.9 Å². The van der Waals surface area contributed by atoms with Crippen molar-refractivity contribution < 1.29 is 22.7 Å². The van der Waals surface area contributed by atoms with Crippen LogP contribution >= 0.6 is 0 Å². The summed E-state index contributed by atoms with van der Waals surface area (Å²) in [5.41, 5.74) is 1.11. The number of hydrogen-bond donors (Lipinski definition) is 2. The molecule has 8 heteroatoms. The molecule has 2 N–H and O–H groups in total. The van der Waals surface area contributed by atoms with Crippen LogP contribution in [0.25, 0.3) is 0 Å². The molecule has 1 saturated heterocycles. The number of benzene rings is 2. The zero-order valence-corrected chi connectivity index (χ0v) is 18.6. The van der Waals surface area contributed by atoms with Crippen LogP contribution in [0.5, 0.6) is 5.75 Å². The average molecular weight is 445 g/mol. The van der Waals surface area contributed by atoms with E-state index in [-0.39, 0.29) is 33.8 Å². The average Bonchev–Trinajstić information content (AvgIpc) is 3.25. The van der Waals surface area contributed by atoms with E-state index in [2.05, 4.69) is 10.0 Å². The molecule has 1 atom stereocenters. The Bertz CT molecular complexity index is 1080. The zero-order valence-electron chi connectivity index (χ0n) is 17.8. The SMILES string of the molecule is CC1(C)CCc2cc(S(=O)(=O)Nc3ccccc3C(=O)NC[C@H]3CCCO3)ccc2O1. The highest BCUT2D eigenvalue weighted by Crippen LogP contribution is 2.34. The molecule has 2 heterocycles. The molecule has 0 radical (unpaired) electrons. The molecule has 0 aliphatic carbocycles. The molecule has 2 aromatic rings. The van der Waals surface area contributed by atoms with Crippen molar-refractivity contribution >= 4 is 21.6 Å². The van der Waals surface area contributed by atoms with Gasteiger partial charge in [-0.15, -0.1) is 0 Å². The van der Waals surface area contributed by atoms with E-state index >= 15 is 0 Å². The van der Waals surface area contributed by atoms with Crippen LogP contribution in [-0.2, 0) is 21.2 Å². The first-order valence-corrected chi connectivity index (χ1v) is 12.1. The van der Waals surface area contributed by atoms with E-state index in [1.807, 2.05) is 13.8 Å². The van der Waals surface area contributed by atoms with Crippen LogP contribution in [0.3, 0.4) is 0 Å². The van der Waals surface area contributed by atoms with Crippen molar-refractivity contribution in [3.63, 3.8) is 0 Å². The van der Waals surface area contributed by atoms with Gasteiger partial charge in [-0.05, 0) is 75.4 Å². The monoisotopic (exact) mass is 444 g/mol. The maximum Gasteiger partial charge on any atom is 0.261 e. The topological polar surface area (TPSA) is 93.7 Å². The Morgan fingerprint density at radius 2 is 2.00 bits per heavy atom. The number of carbonyl (C=O) groups is 1. The van der Waals surface area contributed by atoms with Gasteiger partial charge in [-0.3, -0.25) is 9.52 Å². The van der Waals surface area contributed by atoms with Gasteiger partial charge in [-0.1, -0.05) is 12.1 Å². The summed E-state index contributed by atoms with van der Waals surface area (Å²) in [4.78, 5) is 12.8. The maximum absolute atomic E-state index is 13.1. The Labute approximate surface area is 183 Å².